The number of rotatable bonds is 3. The molecule has 0 spiro atoms. The summed E-state index contributed by atoms with van der Waals surface area (Å²) in [7, 11) is 1.33. The van der Waals surface area contributed by atoms with Crippen LogP contribution in [-0.4, -0.2) is 18.8 Å². The number of benzene rings is 1. The molecule has 0 N–H and O–H groups in total. The predicted molar refractivity (Wildman–Crippen MR) is 65.2 cm³/mol. The van der Waals surface area contributed by atoms with Crippen molar-refractivity contribution >= 4 is 17.7 Å². The number of aryl methyl sites for hydroxylation is 1. The van der Waals surface area contributed by atoms with Gasteiger partial charge in [-0.15, -0.1) is 11.8 Å². The molecule has 16 heavy (non-hydrogen) atoms. The second-order valence-electron chi connectivity index (χ2n) is 2.77. The van der Waals surface area contributed by atoms with Crippen molar-refractivity contribution in [2.75, 3.05) is 12.9 Å². The maximum absolute atomic E-state index is 12.8. The molecule has 1 rings (SSSR count). The van der Waals surface area contributed by atoms with Crippen molar-refractivity contribution < 1.29 is 13.9 Å². The first-order valence-corrected chi connectivity index (χ1v) is 6.08. The van der Waals surface area contributed by atoms with Crippen LogP contribution in [0.3, 0.4) is 0 Å². The van der Waals surface area contributed by atoms with Crippen molar-refractivity contribution in [2.24, 2.45) is 0 Å². The van der Waals surface area contributed by atoms with Crippen LogP contribution in [-0.2, 0) is 9.53 Å². The van der Waals surface area contributed by atoms with Crippen molar-refractivity contribution in [1.82, 2.24) is 0 Å². The molecule has 90 valence electrons. The van der Waals surface area contributed by atoms with E-state index in [1.54, 1.807) is 6.07 Å². The van der Waals surface area contributed by atoms with E-state index in [9.17, 15) is 9.18 Å². The van der Waals surface area contributed by atoms with Crippen LogP contribution in [0.1, 0.15) is 19.4 Å². The molecule has 0 amide bonds. The molecule has 0 saturated carbocycles. The second-order valence-corrected chi connectivity index (χ2v) is 3.79. The molecule has 4 heteroatoms. The van der Waals surface area contributed by atoms with Crippen LogP contribution < -0.4 is 0 Å². The van der Waals surface area contributed by atoms with E-state index in [0.29, 0.717) is 0 Å². The molecule has 0 fully saturated rings. The predicted octanol–water partition coefficient (Wildman–Crippen LogP) is 3.43. The maximum Gasteiger partial charge on any atom is 0.315 e. The lowest BCUT2D eigenvalue weighted by atomic mass is 10.2. The van der Waals surface area contributed by atoms with Crippen LogP contribution in [0.4, 0.5) is 4.39 Å². The Morgan fingerprint density at radius 1 is 1.44 bits per heavy atom. The van der Waals surface area contributed by atoms with Gasteiger partial charge < -0.3 is 4.74 Å². The lowest BCUT2D eigenvalue weighted by molar-refractivity contribution is -0.137. The van der Waals surface area contributed by atoms with E-state index >= 15 is 0 Å². The van der Waals surface area contributed by atoms with Gasteiger partial charge in [0.15, 0.2) is 0 Å². The third-order valence-electron chi connectivity index (χ3n) is 1.72. The summed E-state index contributed by atoms with van der Waals surface area (Å²) >= 11 is 1.28. The van der Waals surface area contributed by atoms with E-state index in [4.69, 9.17) is 0 Å². The van der Waals surface area contributed by atoms with Gasteiger partial charge in [0.2, 0.25) is 0 Å². The SMILES string of the molecule is CC.COC(=O)CSc1cc(F)ccc1C. The van der Waals surface area contributed by atoms with Gasteiger partial charge in [-0.05, 0) is 24.6 Å². The van der Waals surface area contributed by atoms with Gasteiger partial charge in [0.25, 0.3) is 0 Å². The molecule has 1 aromatic carbocycles. The topological polar surface area (TPSA) is 26.3 Å². The third-order valence-corrected chi connectivity index (χ3v) is 2.85. The molecule has 1 aromatic rings. The van der Waals surface area contributed by atoms with Gasteiger partial charge in [0.05, 0.1) is 12.9 Å². The molecule has 0 bridgehead atoms. The fourth-order valence-electron chi connectivity index (χ4n) is 0.925. The zero-order chi connectivity index (χ0) is 12.6. The van der Waals surface area contributed by atoms with Gasteiger partial charge in [0.1, 0.15) is 5.82 Å². The number of carbonyl (C=O) groups excluding carboxylic acids is 1. The molecule has 0 aliphatic carbocycles. The lowest BCUT2D eigenvalue weighted by Crippen LogP contribution is -2.03. The highest BCUT2D eigenvalue weighted by atomic mass is 32.2. The van der Waals surface area contributed by atoms with Gasteiger partial charge in [-0.2, -0.15) is 0 Å². The highest BCUT2D eigenvalue weighted by Crippen LogP contribution is 2.23. The van der Waals surface area contributed by atoms with Gasteiger partial charge in [-0.25, -0.2) is 4.39 Å². The van der Waals surface area contributed by atoms with E-state index in [-0.39, 0.29) is 17.5 Å². The van der Waals surface area contributed by atoms with Crippen molar-refractivity contribution in [3.05, 3.63) is 29.6 Å². The first-order chi connectivity index (χ1) is 7.63. The van der Waals surface area contributed by atoms with Crippen LogP contribution in [0.5, 0.6) is 0 Å². The molecule has 2 nitrogen and oxygen atoms in total. The Kier molecular flexibility index (Phi) is 7.64. The standard InChI is InChI=1S/C10H11FO2S.C2H6/c1-7-3-4-8(11)5-9(7)14-6-10(12)13-2;1-2/h3-5H,6H2,1-2H3;1-2H3. The summed E-state index contributed by atoms with van der Waals surface area (Å²) in [5, 5.41) is 0. The molecule has 0 aromatic heterocycles. The molecular weight excluding hydrogens is 227 g/mol. The number of hydrogen-bond donors (Lipinski definition) is 0. The molecular formula is C12H17FO2S. The maximum atomic E-state index is 12.8. The second kappa shape index (κ2) is 8.16. The van der Waals surface area contributed by atoms with Gasteiger partial charge in [0, 0.05) is 4.90 Å². The Balaban J connectivity index is 0.00000106. The lowest BCUT2D eigenvalue weighted by Gasteiger charge is -2.04. The summed E-state index contributed by atoms with van der Waals surface area (Å²) in [6.45, 7) is 5.87. The minimum absolute atomic E-state index is 0.209. The first kappa shape index (κ1) is 15.0. The van der Waals surface area contributed by atoms with Crippen LogP contribution in [0.2, 0.25) is 0 Å². The van der Waals surface area contributed by atoms with Crippen molar-refractivity contribution in [3.63, 3.8) is 0 Å². The van der Waals surface area contributed by atoms with E-state index in [0.717, 1.165) is 10.5 Å². The van der Waals surface area contributed by atoms with E-state index in [1.165, 1.54) is 31.0 Å². The van der Waals surface area contributed by atoms with Gasteiger partial charge in [-0.1, -0.05) is 19.9 Å². The number of ether oxygens (including phenoxy) is 1. The summed E-state index contributed by atoms with van der Waals surface area (Å²) in [6.07, 6.45) is 0. The van der Waals surface area contributed by atoms with Crippen molar-refractivity contribution in [2.45, 2.75) is 25.7 Å². The Morgan fingerprint density at radius 2 is 2.06 bits per heavy atom. The number of hydrogen-bond acceptors (Lipinski definition) is 3. The molecule has 0 aliphatic heterocycles. The number of esters is 1. The van der Waals surface area contributed by atoms with Crippen LogP contribution in [0.15, 0.2) is 23.1 Å². The normalized spacial score (nSPS) is 9.06. The molecule has 0 unspecified atom stereocenters. The number of methoxy groups -OCH3 is 1. The average molecular weight is 244 g/mol. The highest BCUT2D eigenvalue weighted by molar-refractivity contribution is 8.00. The van der Waals surface area contributed by atoms with E-state index < -0.39 is 0 Å². The Labute approximate surface area is 100 Å². The van der Waals surface area contributed by atoms with Crippen LogP contribution in [0.25, 0.3) is 0 Å². The first-order valence-electron chi connectivity index (χ1n) is 5.09. The highest BCUT2D eigenvalue weighted by Gasteiger charge is 2.05. The fourth-order valence-corrected chi connectivity index (χ4v) is 1.81. The monoisotopic (exact) mass is 244 g/mol. The number of thioether (sulfide) groups is 1. The molecule has 0 saturated heterocycles. The zero-order valence-electron chi connectivity index (χ0n) is 10.0. The zero-order valence-corrected chi connectivity index (χ0v) is 10.9. The Bertz CT molecular complexity index is 340. The summed E-state index contributed by atoms with van der Waals surface area (Å²) in [4.78, 5) is 11.6. The van der Waals surface area contributed by atoms with Crippen molar-refractivity contribution in [1.29, 1.82) is 0 Å². The van der Waals surface area contributed by atoms with Gasteiger partial charge >= 0.3 is 5.97 Å². The summed E-state index contributed by atoms with van der Waals surface area (Å²) < 4.78 is 17.3. The largest absolute Gasteiger partial charge is 0.468 e. The minimum Gasteiger partial charge on any atom is -0.468 e. The van der Waals surface area contributed by atoms with Crippen LogP contribution >= 0.6 is 11.8 Å². The molecule has 0 radical (unpaired) electrons. The van der Waals surface area contributed by atoms with Crippen LogP contribution in [0, 0.1) is 12.7 Å². The number of halogens is 1. The summed E-state index contributed by atoms with van der Waals surface area (Å²) in [6, 6.07) is 4.51. The smallest absolute Gasteiger partial charge is 0.315 e. The third kappa shape index (κ3) is 5.16. The Hall–Kier alpha value is -1.03. The quantitative estimate of drug-likeness (QED) is 0.602. The van der Waals surface area contributed by atoms with E-state index in [1.807, 2.05) is 20.8 Å². The van der Waals surface area contributed by atoms with Crippen molar-refractivity contribution in [3.8, 4) is 0 Å². The molecule has 0 aliphatic rings. The Morgan fingerprint density at radius 3 is 2.62 bits per heavy atom. The fraction of sp³-hybridized carbons (Fsp3) is 0.417. The number of carbonyl (C=O) groups is 1. The minimum atomic E-state index is -0.307. The molecule has 0 heterocycles. The van der Waals surface area contributed by atoms with Gasteiger partial charge in [-0.3, -0.25) is 4.79 Å². The summed E-state index contributed by atoms with van der Waals surface area (Å²) in [5.74, 6) is -0.387. The average Bonchev–Trinajstić information content (AvgIpc) is 2.32. The van der Waals surface area contributed by atoms with E-state index in [2.05, 4.69) is 4.74 Å². The molecule has 0 atom stereocenters. The summed E-state index contributed by atoms with van der Waals surface area (Å²) in [5.41, 5.74) is 0.959.